The molecule has 0 radical (unpaired) electrons. The maximum Gasteiger partial charge on any atom is 0.256 e. The molecule has 2 aromatic heterocycles. The van der Waals surface area contributed by atoms with Gasteiger partial charge >= 0.3 is 0 Å². The minimum absolute atomic E-state index is 0.133. The number of nitrogens with two attached hydrogens (primary N) is 2. The van der Waals surface area contributed by atoms with E-state index in [1.54, 1.807) is 10.6 Å². The first-order valence-corrected chi connectivity index (χ1v) is 5.54. The van der Waals surface area contributed by atoms with Crippen LogP contribution in [0.25, 0.3) is 5.65 Å². The van der Waals surface area contributed by atoms with Crippen LogP contribution < -0.4 is 21.6 Å². The number of halogens is 1. The molecule has 9 heteroatoms. The monoisotopic (exact) mass is 269 g/mol. The predicted octanol–water partition coefficient (Wildman–Crippen LogP) is -0.235. The molecule has 0 unspecified atom stereocenters. The number of carbonyl (C=O) groups excluding carboxylic acids is 1. The van der Waals surface area contributed by atoms with Crippen molar-refractivity contribution in [3.05, 3.63) is 18.0 Å². The topological polar surface area (TPSA) is 123 Å². The van der Waals surface area contributed by atoms with Gasteiger partial charge in [-0.05, 0) is 0 Å². The summed E-state index contributed by atoms with van der Waals surface area (Å²) in [7, 11) is 0. The van der Waals surface area contributed by atoms with E-state index in [1.165, 1.54) is 6.20 Å². The lowest BCUT2D eigenvalue weighted by Gasteiger charge is -2.11. The van der Waals surface area contributed by atoms with E-state index in [2.05, 4.69) is 20.1 Å². The van der Waals surface area contributed by atoms with Gasteiger partial charge in [0.2, 0.25) is 5.95 Å². The van der Waals surface area contributed by atoms with Gasteiger partial charge in [-0.25, -0.2) is 4.98 Å². The second kappa shape index (κ2) is 5.07. The number of nitrogens with zero attached hydrogens (tertiary/aromatic N) is 3. The van der Waals surface area contributed by atoms with E-state index >= 15 is 0 Å². The number of fused-ring (bicyclic) bond motifs is 1. The summed E-state index contributed by atoms with van der Waals surface area (Å²) in [6, 6.07) is 0. The Hall–Kier alpha value is -2.06. The molecule has 2 rings (SSSR count). The Kier molecular flexibility index (Phi) is 3.49. The minimum Gasteiger partial charge on any atom is -0.365 e. The summed E-state index contributed by atoms with van der Waals surface area (Å²) in [5, 5.41) is 3.00. The summed E-state index contributed by atoms with van der Waals surface area (Å²) >= 11 is 5.54. The Balaban J connectivity index is 2.64. The van der Waals surface area contributed by atoms with Crippen LogP contribution in [0.5, 0.6) is 0 Å². The van der Waals surface area contributed by atoms with Crippen molar-refractivity contribution in [2.75, 3.05) is 23.2 Å². The molecular formula is C9H12ClN7O. The fourth-order valence-electron chi connectivity index (χ4n) is 1.58. The van der Waals surface area contributed by atoms with Crippen LogP contribution in [0.4, 0.5) is 11.8 Å². The molecule has 0 aromatic carbocycles. The fraction of sp³-hybridized carbons (Fsp3) is 0.222. The molecule has 0 saturated heterocycles. The third kappa shape index (κ3) is 2.03. The van der Waals surface area contributed by atoms with Crippen molar-refractivity contribution in [1.82, 2.24) is 14.4 Å². The first kappa shape index (κ1) is 12.4. The average Bonchev–Trinajstić information content (AvgIpc) is 2.83. The molecule has 0 aliphatic carbocycles. The number of carbonyl (C=O) groups is 1. The van der Waals surface area contributed by atoms with Gasteiger partial charge in [-0.15, -0.1) is 0 Å². The molecule has 0 fully saturated rings. The first-order chi connectivity index (χ1) is 8.69. The maximum atomic E-state index is 11.4. The zero-order valence-electron chi connectivity index (χ0n) is 9.35. The summed E-state index contributed by atoms with van der Waals surface area (Å²) in [6.07, 6.45) is 3.20. The summed E-state index contributed by atoms with van der Waals surface area (Å²) in [5.41, 5.74) is 11.2. The number of amides is 1. The SMILES string of the molecule is NCCNc1nc(NCl)c(C(N)=O)c2nccn12. The molecule has 18 heavy (non-hydrogen) atoms. The number of primary amides is 1. The third-order valence-corrected chi connectivity index (χ3v) is 2.49. The predicted molar refractivity (Wildman–Crippen MR) is 68.5 cm³/mol. The van der Waals surface area contributed by atoms with E-state index in [0.29, 0.717) is 24.7 Å². The summed E-state index contributed by atoms with van der Waals surface area (Å²) in [4.78, 5) is 22.0. The zero-order chi connectivity index (χ0) is 13.1. The molecule has 6 N–H and O–H groups in total. The van der Waals surface area contributed by atoms with Gasteiger partial charge in [-0.2, -0.15) is 4.98 Å². The van der Waals surface area contributed by atoms with E-state index in [0.717, 1.165) is 0 Å². The van der Waals surface area contributed by atoms with Crippen LogP contribution in [0.15, 0.2) is 12.4 Å². The summed E-state index contributed by atoms with van der Waals surface area (Å²) in [6.45, 7) is 0.969. The lowest BCUT2D eigenvalue weighted by atomic mass is 10.3. The largest absolute Gasteiger partial charge is 0.365 e. The second-order valence-corrected chi connectivity index (χ2v) is 3.64. The van der Waals surface area contributed by atoms with Crippen LogP contribution >= 0.6 is 11.8 Å². The van der Waals surface area contributed by atoms with Crippen LogP contribution in [0.2, 0.25) is 0 Å². The van der Waals surface area contributed by atoms with Gasteiger partial charge in [-0.3, -0.25) is 14.0 Å². The van der Waals surface area contributed by atoms with Gasteiger partial charge in [0.05, 0.1) is 0 Å². The van der Waals surface area contributed by atoms with Gasteiger partial charge in [0, 0.05) is 37.3 Å². The number of imidazole rings is 1. The normalized spacial score (nSPS) is 10.6. The number of rotatable bonds is 5. The van der Waals surface area contributed by atoms with Crippen molar-refractivity contribution in [2.45, 2.75) is 0 Å². The molecule has 2 aromatic rings. The highest BCUT2D eigenvalue weighted by Gasteiger charge is 2.18. The highest BCUT2D eigenvalue weighted by atomic mass is 35.5. The van der Waals surface area contributed by atoms with Gasteiger partial charge in [0.1, 0.15) is 5.56 Å². The Morgan fingerprint density at radius 1 is 1.56 bits per heavy atom. The second-order valence-electron chi connectivity index (χ2n) is 3.45. The number of hydrogen-bond donors (Lipinski definition) is 4. The van der Waals surface area contributed by atoms with E-state index in [-0.39, 0.29) is 11.4 Å². The molecule has 96 valence electrons. The molecule has 0 spiro atoms. The van der Waals surface area contributed by atoms with E-state index in [4.69, 9.17) is 23.2 Å². The van der Waals surface area contributed by atoms with Crippen LogP contribution in [-0.4, -0.2) is 33.4 Å². The van der Waals surface area contributed by atoms with E-state index < -0.39 is 5.91 Å². The molecule has 0 aliphatic rings. The zero-order valence-corrected chi connectivity index (χ0v) is 10.1. The van der Waals surface area contributed by atoms with Crippen LogP contribution in [0.3, 0.4) is 0 Å². The van der Waals surface area contributed by atoms with Crippen molar-refractivity contribution in [3.63, 3.8) is 0 Å². The quantitative estimate of drug-likeness (QED) is 0.556. The van der Waals surface area contributed by atoms with Gasteiger partial charge in [0.15, 0.2) is 11.5 Å². The van der Waals surface area contributed by atoms with Crippen LogP contribution in [0, 0.1) is 0 Å². The van der Waals surface area contributed by atoms with Gasteiger partial charge < -0.3 is 16.8 Å². The number of nitrogens with one attached hydrogen (secondary N) is 2. The van der Waals surface area contributed by atoms with Gasteiger partial charge in [0.25, 0.3) is 5.91 Å². The highest BCUT2D eigenvalue weighted by Crippen LogP contribution is 2.21. The molecular weight excluding hydrogens is 258 g/mol. The maximum absolute atomic E-state index is 11.4. The molecule has 0 bridgehead atoms. The Morgan fingerprint density at radius 3 is 2.94 bits per heavy atom. The molecule has 2 heterocycles. The molecule has 0 saturated carbocycles. The number of hydrogen-bond acceptors (Lipinski definition) is 6. The third-order valence-electron chi connectivity index (χ3n) is 2.31. The lowest BCUT2D eigenvalue weighted by molar-refractivity contribution is 0.100. The Labute approximate surface area is 107 Å². The minimum atomic E-state index is -0.660. The van der Waals surface area contributed by atoms with Crippen molar-refractivity contribution in [1.29, 1.82) is 0 Å². The molecule has 1 amide bonds. The fourth-order valence-corrected chi connectivity index (χ4v) is 1.72. The van der Waals surface area contributed by atoms with Crippen LogP contribution in [-0.2, 0) is 0 Å². The van der Waals surface area contributed by atoms with E-state index in [1.807, 2.05) is 0 Å². The molecule has 0 aliphatic heterocycles. The number of aromatic nitrogens is 3. The smallest absolute Gasteiger partial charge is 0.256 e. The molecule has 0 atom stereocenters. The van der Waals surface area contributed by atoms with Crippen molar-refractivity contribution < 1.29 is 4.79 Å². The first-order valence-electron chi connectivity index (χ1n) is 5.16. The molecule has 8 nitrogen and oxygen atoms in total. The average molecular weight is 270 g/mol. The van der Waals surface area contributed by atoms with Crippen molar-refractivity contribution >= 4 is 35.1 Å². The summed E-state index contributed by atoms with van der Waals surface area (Å²) < 4.78 is 1.60. The highest BCUT2D eigenvalue weighted by molar-refractivity contribution is 6.25. The Bertz CT molecular complexity index is 582. The van der Waals surface area contributed by atoms with E-state index in [9.17, 15) is 4.79 Å². The van der Waals surface area contributed by atoms with Crippen molar-refractivity contribution in [3.8, 4) is 0 Å². The standard InChI is InChI=1S/C9H12ClN7O/c10-16-7-5(6(12)18)8-13-3-4-17(8)9(15-7)14-2-1-11/h3-4,16H,1-2,11H2,(H2,12,18)(H,14,15). The number of anilines is 2. The lowest BCUT2D eigenvalue weighted by Crippen LogP contribution is -2.20. The summed E-state index contributed by atoms with van der Waals surface area (Å²) in [5.74, 6) is -0.0317. The van der Waals surface area contributed by atoms with Gasteiger partial charge in [-0.1, -0.05) is 0 Å². The van der Waals surface area contributed by atoms with Crippen molar-refractivity contribution in [2.24, 2.45) is 11.5 Å². The van der Waals surface area contributed by atoms with Crippen LogP contribution in [0.1, 0.15) is 10.4 Å². The Morgan fingerprint density at radius 2 is 2.33 bits per heavy atom.